The van der Waals surface area contributed by atoms with E-state index in [0.29, 0.717) is 23.0 Å². The van der Waals surface area contributed by atoms with E-state index in [2.05, 4.69) is 47.6 Å². The van der Waals surface area contributed by atoms with Crippen molar-refractivity contribution in [1.82, 2.24) is 9.78 Å². The number of hydrogen-bond donors (Lipinski definition) is 2. The van der Waals surface area contributed by atoms with Gasteiger partial charge in [-0.15, -0.1) is 0 Å². The fraction of sp³-hybridized carbons (Fsp3) is 0.0588. The Balaban J connectivity index is 1.67. The summed E-state index contributed by atoms with van der Waals surface area (Å²) in [6, 6.07) is 14.3. The molecule has 0 fully saturated rings. The zero-order valence-corrected chi connectivity index (χ0v) is 16.8. The summed E-state index contributed by atoms with van der Waals surface area (Å²) >= 11 is 12.1. The number of nitrogens with zero attached hydrogens (tertiary/aromatic N) is 2. The maximum atomic E-state index is 13.8. The Kier molecular flexibility index (Phi) is 5.82. The van der Waals surface area contributed by atoms with Crippen molar-refractivity contribution < 1.29 is 4.39 Å². The quantitative estimate of drug-likeness (QED) is 0.487. The highest BCUT2D eigenvalue weighted by atomic mass is 79.9. The topological polar surface area (TPSA) is 41.9 Å². The third-order valence-electron chi connectivity index (χ3n) is 3.34. The molecule has 0 unspecified atom stereocenters. The van der Waals surface area contributed by atoms with Crippen LogP contribution in [0.3, 0.4) is 0 Å². The van der Waals surface area contributed by atoms with Crippen molar-refractivity contribution in [3.63, 3.8) is 0 Å². The zero-order chi connectivity index (χ0) is 17.8. The second-order valence-electron chi connectivity index (χ2n) is 5.20. The van der Waals surface area contributed by atoms with Crippen LogP contribution in [0.25, 0.3) is 0 Å². The molecule has 0 aliphatic rings. The molecule has 8 heteroatoms. The normalized spacial score (nSPS) is 10.5. The van der Waals surface area contributed by atoms with E-state index >= 15 is 0 Å². The lowest BCUT2D eigenvalue weighted by molar-refractivity contribution is 0.586. The van der Waals surface area contributed by atoms with Gasteiger partial charge in [-0.3, -0.25) is 4.68 Å². The highest BCUT2D eigenvalue weighted by Crippen LogP contribution is 2.22. The second kappa shape index (κ2) is 8.07. The molecule has 0 atom stereocenters. The van der Waals surface area contributed by atoms with Gasteiger partial charge in [0.1, 0.15) is 5.82 Å². The lowest BCUT2D eigenvalue weighted by Gasteiger charge is -2.09. The Bertz CT molecular complexity index is 896. The van der Waals surface area contributed by atoms with Gasteiger partial charge in [-0.2, -0.15) is 5.10 Å². The molecule has 0 bridgehead atoms. The van der Waals surface area contributed by atoms with E-state index in [1.165, 1.54) is 6.07 Å². The molecule has 1 aromatic heterocycles. The van der Waals surface area contributed by atoms with Crippen LogP contribution in [0.15, 0.2) is 63.7 Å². The summed E-state index contributed by atoms with van der Waals surface area (Å²) in [7, 11) is 0. The average Bonchev–Trinajstić information content (AvgIpc) is 2.91. The van der Waals surface area contributed by atoms with Gasteiger partial charge in [0.15, 0.2) is 10.9 Å². The third kappa shape index (κ3) is 4.87. The van der Waals surface area contributed by atoms with Crippen LogP contribution in [0.4, 0.5) is 15.9 Å². The second-order valence-corrected chi connectivity index (χ2v) is 7.38. The van der Waals surface area contributed by atoms with Crippen LogP contribution in [-0.4, -0.2) is 14.9 Å². The number of rotatable bonds is 4. The molecule has 2 aromatic carbocycles. The molecule has 0 aliphatic heterocycles. The summed E-state index contributed by atoms with van der Waals surface area (Å²) in [5.74, 6) is 0.307. The van der Waals surface area contributed by atoms with Crippen LogP contribution in [-0.2, 0) is 6.54 Å². The summed E-state index contributed by atoms with van der Waals surface area (Å²) in [5.41, 5.74) is 1.43. The Labute approximate surface area is 166 Å². The predicted octanol–water partition coefficient (Wildman–Crippen LogP) is 5.40. The van der Waals surface area contributed by atoms with E-state index in [9.17, 15) is 4.39 Å². The largest absolute Gasteiger partial charge is 0.332 e. The van der Waals surface area contributed by atoms with Crippen molar-refractivity contribution in [1.29, 1.82) is 0 Å². The van der Waals surface area contributed by atoms with Crippen LogP contribution in [0.1, 0.15) is 5.56 Å². The van der Waals surface area contributed by atoms with E-state index in [0.717, 1.165) is 14.6 Å². The third-order valence-corrected chi connectivity index (χ3v) is 4.65. The van der Waals surface area contributed by atoms with Crippen LogP contribution in [0, 0.1) is 5.82 Å². The van der Waals surface area contributed by atoms with E-state index in [4.69, 9.17) is 12.2 Å². The number of thiocarbonyl (C=S) groups is 1. The summed E-state index contributed by atoms with van der Waals surface area (Å²) in [6.45, 7) is 0.333. The van der Waals surface area contributed by atoms with Crippen molar-refractivity contribution in [3.05, 3.63) is 75.1 Å². The molecule has 128 valence electrons. The van der Waals surface area contributed by atoms with Gasteiger partial charge in [0.05, 0.1) is 11.0 Å². The average molecular weight is 484 g/mol. The van der Waals surface area contributed by atoms with Crippen LogP contribution in [0.2, 0.25) is 0 Å². The van der Waals surface area contributed by atoms with Crippen LogP contribution in [0.5, 0.6) is 0 Å². The molecule has 0 saturated heterocycles. The van der Waals surface area contributed by atoms with Gasteiger partial charge >= 0.3 is 0 Å². The minimum Gasteiger partial charge on any atom is -0.332 e. The summed E-state index contributed by atoms with van der Waals surface area (Å²) in [5, 5.41) is 10.9. The van der Waals surface area contributed by atoms with Crippen LogP contribution >= 0.6 is 44.1 Å². The SMILES string of the molecule is Fc1ccccc1Cn1cc(Br)c(NC(=S)Nc2ccc(Br)cc2)n1. The molecule has 0 spiro atoms. The molecule has 4 nitrogen and oxygen atoms in total. The Morgan fingerprint density at radius 3 is 2.52 bits per heavy atom. The Morgan fingerprint density at radius 2 is 1.80 bits per heavy atom. The molecular formula is C17H13Br2FN4S. The van der Waals surface area contributed by atoms with Gasteiger partial charge in [-0.1, -0.05) is 34.1 Å². The lowest BCUT2D eigenvalue weighted by atomic mass is 10.2. The van der Waals surface area contributed by atoms with E-state index in [-0.39, 0.29) is 5.82 Å². The smallest absolute Gasteiger partial charge is 0.176 e. The predicted molar refractivity (Wildman–Crippen MR) is 109 cm³/mol. The summed E-state index contributed by atoms with van der Waals surface area (Å²) in [6.07, 6.45) is 1.77. The van der Waals surface area contributed by atoms with Gasteiger partial charge in [-0.05, 0) is 58.5 Å². The minimum atomic E-state index is -0.254. The lowest BCUT2D eigenvalue weighted by Crippen LogP contribution is -2.19. The first-order valence-corrected chi connectivity index (χ1v) is 9.30. The van der Waals surface area contributed by atoms with Gasteiger partial charge in [-0.25, -0.2) is 4.39 Å². The van der Waals surface area contributed by atoms with Gasteiger partial charge in [0.25, 0.3) is 0 Å². The van der Waals surface area contributed by atoms with Crippen molar-refractivity contribution in [2.75, 3.05) is 10.6 Å². The zero-order valence-electron chi connectivity index (χ0n) is 12.8. The van der Waals surface area contributed by atoms with Crippen molar-refractivity contribution >= 4 is 60.7 Å². The van der Waals surface area contributed by atoms with Gasteiger partial charge in [0.2, 0.25) is 0 Å². The molecular weight excluding hydrogens is 471 g/mol. The minimum absolute atomic E-state index is 0.254. The van der Waals surface area contributed by atoms with E-state index in [1.807, 2.05) is 24.3 Å². The summed E-state index contributed by atoms with van der Waals surface area (Å²) in [4.78, 5) is 0. The van der Waals surface area contributed by atoms with Crippen LogP contribution < -0.4 is 10.6 Å². The molecule has 0 aliphatic carbocycles. The maximum absolute atomic E-state index is 13.8. The number of halogens is 3. The monoisotopic (exact) mass is 482 g/mol. The van der Waals surface area contributed by atoms with E-state index < -0.39 is 0 Å². The standard InChI is InChI=1S/C17H13Br2FN4S/c18-12-5-7-13(8-6-12)21-17(25)22-16-14(19)10-24(23-16)9-11-3-1-2-4-15(11)20/h1-8,10H,9H2,(H2,21,22,23,25). The van der Waals surface area contributed by atoms with Crippen molar-refractivity contribution in [2.45, 2.75) is 6.54 Å². The first kappa shape index (κ1) is 18.0. The summed E-state index contributed by atoms with van der Waals surface area (Å²) < 4.78 is 17.1. The molecule has 1 heterocycles. The molecule has 0 amide bonds. The van der Waals surface area contributed by atoms with Crippen molar-refractivity contribution in [3.8, 4) is 0 Å². The Hall–Kier alpha value is -1.77. The molecule has 2 N–H and O–H groups in total. The fourth-order valence-electron chi connectivity index (χ4n) is 2.17. The highest BCUT2D eigenvalue weighted by Gasteiger charge is 2.10. The van der Waals surface area contributed by atoms with Crippen molar-refractivity contribution in [2.24, 2.45) is 0 Å². The first-order chi connectivity index (χ1) is 12.0. The molecule has 25 heavy (non-hydrogen) atoms. The number of anilines is 2. The van der Waals surface area contributed by atoms with E-state index in [1.54, 1.807) is 29.1 Å². The maximum Gasteiger partial charge on any atom is 0.176 e. The van der Waals surface area contributed by atoms with Gasteiger partial charge < -0.3 is 10.6 Å². The number of benzene rings is 2. The number of nitrogens with one attached hydrogen (secondary N) is 2. The fourth-order valence-corrected chi connectivity index (χ4v) is 3.06. The Morgan fingerprint density at radius 1 is 1.08 bits per heavy atom. The number of aromatic nitrogens is 2. The highest BCUT2D eigenvalue weighted by molar-refractivity contribution is 9.10. The molecule has 0 radical (unpaired) electrons. The van der Waals surface area contributed by atoms with Gasteiger partial charge in [0, 0.05) is 21.9 Å². The first-order valence-electron chi connectivity index (χ1n) is 7.31. The number of hydrogen-bond acceptors (Lipinski definition) is 2. The molecule has 0 saturated carbocycles. The molecule has 3 aromatic rings. The molecule has 3 rings (SSSR count).